The second-order valence-corrected chi connectivity index (χ2v) is 7.31. The van der Waals surface area contributed by atoms with Crippen molar-refractivity contribution in [3.05, 3.63) is 72.2 Å². The normalized spacial score (nSPS) is 15.4. The minimum atomic E-state index is -4.29. The Labute approximate surface area is 182 Å². The van der Waals surface area contributed by atoms with Crippen LogP contribution in [0.3, 0.4) is 0 Å². The van der Waals surface area contributed by atoms with Crippen LogP contribution in [0.5, 0.6) is 11.6 Å². The van der Waals surface area contributed by atoms with Crippen LogP contribution < -0.4 is 14.8 Å². The van der Waals surface area contributed by atoms with Gasteiger partial charge < -0.3 is 14.8 Å². The minimum absolute atomic E-state index is 0.0295. The Morgan fingerprint density at radius 1 is 1.16 bits per heavy atom. The Morgan fingerprint density at radius 2 is 2.03 bits per heavy atom. The highest BCUT2D eigenvalue weighted by Gasteiger charge is 2.27. The molecule has 1 aliphatic heterocycles. The van der Waals surface area contributed by atoms with Crippen molar-refractivity contribution in [1.29, 1.82) is 0 Å². The Bertz CT molecular complexity index is 1070. The molecule has 2 aromatic heterocycles. The van der Waals surface area contributed by atoms with Gasteiger partial charge in [0.25, 0.3) is 5.91 Å². The number of fused-ring (bicyclic) bond motifs is 1. The summed E-state index contributed by atoms with van der Waals surface area (Å²) in [6, 6.07) is 12.2. The zero-order chi connectivity index (χ0) is 22.6. The molecule has 3 aromatic rings. The summed E-state index contributed by atoms with van der Waals surface area (Å²) in [6.07, 6.45) is -0.0193. The third-order valence-corrected chi connectivity index (χ3v) is 4.97. The van der Waals surface area contributed by atoms with Gasteiger partial charge in [-0.2, -0.15) is 13.2 Å². The molecule has 0 bridgehead atoms. The van der Waals surface area contributed by atoms with Crippen LogP contribution in [-0.4, -0.2) is 41.3 Å². The van der Waals surface area contributed by atoms with Gasteiger partial charge in [0, 0.05) is 42.2 Å². The number of pyridine rings is 2. The first-order valence-electron chi connectivity index (χ1n) is 10.0. The fourth-order valence-corrected chi connectivity index (χ4v) is 3.43. The largest absolute Gasteiger partial charge is 0.491 e. The maximum Gasteiger partial charge on any atom is 0.392 e. The number of nitrogens with one attached hydrogen (secondary N) is 1. The first kappa shape index (κ1) is 21.6. The molecule has 0 spiro atoms. The van der Waals surface area contributed by atoms with Crippen molar-refractivity contribution < 1.29 is 27.4 Å². The SMILES string of the molecule is O=C(N[C@@H]1COc2cccc(-c3cccnc3)c2C1)c1ccc(OCCC(F)(F)F)nc1. The van der Waals surface area contributed by atoms with Crippen LogP contribution >= 0.6 is 0 Å². The molecule has 0 aliphatic carbocycles. The van der Waals surface area contributed by atoms with E-state index in [0.29, 0.717) is 13.0 Å². The zero-order valence-electron chi connectivity index (χ0n) is 16.9. The molecule has 6 nitrogen and oxygen atoms in total. The molecule has 0 fully saturated rings. The van der Waals surface area contributed by atoms with Gasteiger partial charge in [-0.05, 0) is 23.8 Å². The molecule has 3 heterocycles. The van der Waals surface area contributed by atoms with Crippen molar-refractivity contribution in [3.8, 4) is 22.8 Å². The van der Waals surface area contributed by atoms with Gasteiger partial charge in [-0.25, -0.2) is 4.98 Å². The number of nitrogens with zero attached hydrogens (tertiary/aromatic N) is 2. The number of carbonyl (C=O) groups excluding carboxylic acids is 1. The van der Waals surface area contributed by atoms with E-state index >= 15 is 0 Å². The number of aromatic nitrogens is 2. The maximum atomic E-state index is 12.6. The molecular weight excluding hydrogens is 423 g/mol. The third-order valence-electron chi connectivity index (χ3n) is 4.97. The number of amides is 1. The number of benzene rings is 1. The van der Waals surface area contributed by atoms with Crippen LogP contribution in [0.25, 0.3) is 11.1 Å². The van der Waals surface area contributed by atoms with Gasteiger partial charge in [0.1, 0.15) is 12.4 Å². The first-order chi connectivity index (χ1) is 15.4. The highest BCUT2D eigenvalue weighted by atomic mass is 19.4. The Kier molecular flexibility index (Phi) is 6.25. The molecule has 0 saturated heterocycles. The molecule has 166 valence electrons. The molecule has 1 atom stereocenters. The molecule has 1 aliphatic rings. The van der Waals surface area contributed by atoms with E-state index in [0.717, 1.165) is 22.4 Å². The molecule has 1 amide bonds. The summed E-state index contributed by atoms with van der Waals surface area (Å²) in [6.45, 7) is -0.207. The summed E-state index contributed by atoms with van der Waals surface area (Å²) in [5.74, 6) is 0.455. The molecule has 32 heavy (non-hydrogen) atoms. The lowest BCUT2D eigenvalue weighted by Crippen LogP contribution is -2.42. The Balaban J connectivity index is 1.39. The smallest absolute Gasteiger partial charge is 0.392 e. The number of alkyl halides is 3. The second-order valence-electron chi connectivity index (χ2n) is 7.31. The van der Waals surface area contributed by atoms with Crippen LogP contribution in [0.4, 0.5) is 13.2 Å². The summed E-state index contributed by atoms with van der Waals surface area (Å²) < 4.78 is 47.4. The van der Waals surface area contributed by atoms with Gasteiger partial charge in [0.15, 0.2) is 0 Å². The van der Waals surface area contributed by atoms with Crippen molar-refractivity contribution in [1.82, 2.24) is 15.3 Å². The minimum Gasteiger partial charge on any atom is -0.491 e. The molecule has 0 saturated carbocycles. The lowest BCUT2D eigenvalue weighted by Gasteiger charge is -2.28. The van der Waals surface area contributed by atoms with Crippen molar-refractivity contribution in [3.63, 3.8) is 0 Å². The average Bonchev–Trinajstić information content (AvgIpc) is 2.79. The van der Waals surface area contributed by atoms with Gasteiger partial charge in [0.05, 0.1) is 24.6 Å². The highest BCUT2D eigenvalue weighted by Crippen LogP contribution is 2.34. The monoisotopic (exact) mass is 443 g/mol. The van der Waals surface area contributed by atoms with E-state index in [4.69, 9.17) is 9.47 Å². The van der Waals surface area contributed by atoms with Gasteiger partial charge in [-0.3, -0.25) is 9.78 Å². The number of halogens is 3. The summed E-state index contributed by atoms with van der Waals surface area (Å²) in [7, 11) is 0. The van der Waals surface area contributed by atoms with E-state index in [1.165, 1.54) is 18.3 Å². The predicted molar refractivity (Wildman–Crippen MR) is 111 cm³/mol. The molecular formula is C23H20F3N3O3. The van der Waals surface area contributed by atoms with Crippen LogP contribution in [0.15, 0.2) is 61.1 Å². The fourth-order valence-electron chi connectivity index (χ4n) is 3.43. The number of ether oxygens (including phenoxy) is 2. The molecule has 0 unspecified atom stereocenters. The summed E-state index contributed by atoms with van der Waals surface area (Å²) in [4.78, 5) is 20.7. The van der Waals surface area contributed by atoms with Crippen molar-refractivity contribution in [2.75, 3.05) is 13.2 Å². The van der Waals surface area contributed by atoms with Crippen LogP contribution in [0.2, 0.25) is 0 Å². The lowest BCUT2D eigenvalue weighted by molar-refractivity contribution is -0.139. The molecule has 1 aromatic carbocycles. The van der Waals surface area contributed by atoms with Crippen molar-refractivity contribution in [2.24, 2.45) is 0 Å². The third kappa shape index (κ3) is 5.35. The summed E-state index contributed by atoms with van der Waals surface area (Å²) in [5, 5.41) is 2.93. The summed E-state index contributed by atoms with van der Waals surface area (Å²) >= 11 is 0. The first-order valence-corrected chi connectivity index (χ1v) is 10.0. The zero-order valence-corrected chi connectivity index (χ0v) is 16.9. The van der Waals surface area contributed by atoms with Gasteiger partial charge >= 0.3 is 6.18 Å². The fraction of sp³-hybridized carbons (Fsp3) is 0.261. The Morgan fingerprint density at radius 3 is 2.75 bits per heavy atom. The van der Waals surface area contributed by atoms with Gasteiger partial charge in [-0.1, -0.05) is 18.2 Å². The maximum absolute atomic E-state index is 12.6. The average molecular weight is 443 g/mol. The van der Waals surface area contributed by atoms with E-state index < -0.39 is 19.2 Å². The van der Waals surface area contributed by atoms with Crippen LogP contribution in [-0.2, 0) is 6.42 Å². The number of hydrogen-bond donors (Lipinski definition) is 1. The number of carbonyl (C=O) groups is 1. The highest BCUT2D eigenvalue weighted by molar-refractivity contribution is 5.94. The molecule has 4 rings (SSSR count). The van der Waals surface area contributed by atoms with E-state index in [9.17, 15) is 18.0 Å². The van der Waals surface area contributed by atoms with E-state index in [1.807, 2.05) is 30.3 Å². The quantitative estimate of drug-likeness (QED) is 0.618. The van der Waals surface area contributed by atoms with Gasteiger partial charge in [-0.15, -0.1) is 0 Å². The predicted octanol–water partition coefficient (Wildman–Crippen LogP) is 4.21. The number of rotatable bonds is 6. The summed E-state index contributed by atoms with van der Waals surface area (Å²) in [5.41, 5.74) is 3.23. The van der Waals surface area contributed by atoms with Crippen LogP contribution in [0, 0.1) is 0 Å². The molecule has 1 N–H and O–H groups in total. The van der Waals surface area contributed by atoms with E-state index in [-0.39, 0.29) is 23.4 Å². The van der Waals surface area contributed by atoms with E-state index in [2.05, 4.69) is 15.3 Å². The topological polar surface area (TPSA) is 73.3 Å². The van der Waals surface area contributed by atoms with Crippen molar-refractivity contribution in [2.45, 2.75) is 25.1 Å². The molecule has 0 radical (unpaired) electrons. The molecule has 9 heteroatoms. The van der Waals surface area contributed by atoms with E-state index in [1.54, 1.807) is 12.4 Å². The Hall–Kier alpha value is -3.62. The van der Waals surface area contributed by atoms with Crippen LogP contribution in [0.1, 0.15) is 22.3 Å². The van der Waals surface area contributed by atoms with Crippen molar-refractivity contribution >= 4 is 5.91 Å². The van der Waals surface area contributed by atoms with Gasteiger partial charge in [0.2, 0.25) is 5.88 Å². The lowest BCUT2D eigenvalue weighted by atomic mass is 9.93. The standard InChI is InChI=1S/C23H20F3N3O3/c24-23(25,26)8-10-31-21-7-6-16(13-28-21)22(30)29-17-11-19-18(15-3-2-9-27-12-15)4-1-5-20(19)32-14-17/h1-7,9,12-13,17H,8,10-11,14H2,(H,29,30)/t17-/m0/s1. The second kappa shape index (κ2) is 9.25. The number of hydrogen-bond acceptors (Lipinski definition) is 5.